The van der Waals surface area contributed by atoms with E-state index in [1.54, 1.807) is 12.1 Å². The van der Waals surface area contributed by atoms with Crippen LogP contribution in [0.4, 0.5) is 0 Å². The minimum atomic E-state index is -0.161. The van der Waals surface area contributed by atoms with Crippen LogP contribution < -0.4 is 10.1 Å². The Hall–Kier alpha value is -2.23. The van der Waals surface area contributed by atoms with Crippen molar-refractivity contribution in [2.75, 3.05) is 6.54 Å². The van der Waals surface area contributed by atoms with Crippen LogP contribution in [-0.4, -0.2) is 12.5 Å². The molecule has 0 saturated heterocycles. The molecule has 4 heteroatoms. The maximum Gasteiger partial charge on any atom is 0.286 e. The highest BCUT2D eigenvalue weighted by molar-refractivity contribution is 5.91. The minimum absolute atomic E-state index is 0.161. The molecule has 1 heterocycles. The molecule has 0 aliphatic heterocycles. The molecule has 0 bridgehead atoms. The molecule has 0 fully saturated rings. The fourth-order valence-electron chi connectivity index (χ4n) is 2.70. The summed E-state index contributed by atoms with van der Waals surface area (Å²) in [5.41, 5.74) is 1.32. The summed E-state index contributed by atoms with van der Waals surface area (Å²) in [4.78, 5) is 12.0. The van der Waals surface area contributed by atoms with Crippen LogP contribution in [0.3, 0.4) is 0 Å². The van der Waals surface area contributed by atoms with Gasteiger partial charge >= 0.3 is 0 Å². The highest BCUT2D eigenvalue weighted by Crippen LogP contribution is 2.22. The van der Waals surface area contributed by atoms with E-state index in [4.69, 9.17) is 9.15 Å². The highest BCUT2D eigenvalue weighted by Gasteiger charge is 2.11. The summed E-state index contributed by atoms with van der Waals surface area (Å²) in [6, 6.07) is 11.7. The molecule has 1 amide bonds. The van der Waals surface area contributed by atoms with Crippen molar-refractivity contribution in [2.24, 2.45) is 0 Å². The van der Waals surface area contributed by atoms with Gasteiger partial charge in [0.15, 0.2) is 5.76 Å². The molecule has 142 valence electrons. The third-order valence-corrected chi connectivity index (χ3v) is 4.64. The van der Waals surface area contributed by atoms with Gasteiger partial charge in [0.25, 0.3) is 5.91 Å². The summed E-state index contributed by atoms with van der Waals surface area (Å²) in [6.07, 6.45) is 5.66. The number of rotatable bonds is 11. The first-order chi connectivity index (χ1) is 12.6. The Morgan fingerprint density at radius 1 is 1.08 bits per heavy atom. The lowest BCUT2D eigenvalue weighted by atomic mass is 9.99. The van der Waals surface area contributed by atoms with E-state index >= 15 is 0 Å². The number of carbonyl (C=O) groups is 1. The second-order valence-corrected chi connectivity index (χ2v) is 6.75. The largest absolute Gasteiger partial charge is 0.486 e. The van der Waals surface area contributed by atoms with Gasteiger partial charge in [-0.05, 0) is 48.6 Å². The van der Waals surface area contributed by atoms with Crippen molar-refractivity contribution in [1.29, 1.82) is 0 Å². The molecule has 4 nitrogen and oxygen atoms in total. The zero-order valence-corrected chi connectivity index (χ0v) is 16.2. The molecule has 0 spiro atoms. The third-order valence-electron chi connectivity index (χ3n) is 4.64. The van der Waals surface area contributed by atoms with Crippen LogP contribution in [-0.2, 0) is 6.61 Å². The summed E-state index contributed by atoms with van der Waals surface area (Å²) >= 11 is 0. The Bertz CT molecular complexity index is 660. The van der Waals surface area contributed by atoms with Gasteiger partial charge in [-0.3, -0.25) is 4.79 Å². The molecule has 0 aliphatic carbocycles. The predicted molar refractivity (Wildman–Crippen MR) is 105 cm³/mol. The van der Waals surface area contributed by atoms with Crippen molar-refractivity contribution in [2.45, 2.75) is 65.4 Å². The van der Waals surface area contributed by atoms with Crippen molar-refractivity contribution < 1.29 is 13.9 Å². The molecule has 1 aromatic heterocycles. The Morgan fingerprint density at radius 2 is 1.85 bits per heavy atom. The molecule has 1 aromatic carbocycles. The molecule has 2 aromatic rings. The van der Waals surface area contributed by atoms with Crippen LogP contribution >= 0.6 is 0 Å². The second-order valence-electron chi connectivity index (χ2n) is 6.75. The van der Waals surface area contributed by atoms with E-state index in [1.807, 2.05) is 12.1 Å². The van der Waals surface area contributed by atoms with Crippen LogP contribution in [0.15, 0.2) is 40.8 Å². The van der Waals surface area contributed by atoms with Gasteiger partial charge in [0.2, 0.25) is 0 Å². The van der Waals surface area contributed by atoms with Gasteiger partial charge in [-0.15, -0.1) is 0 Å². The lowest BCUT2D eigenvalue weighted by Gasteiger charge is -2.10. The fourth-order valence-corrected chi connectivity index (χ4v) is 2.70. The zero-order valence-electron chi connectivity index (χ0n) is 16.2. The number of carbonyl (C=O) groups excluding carboxylic acids is 1. The Balaban J connectivity index is 1.78. The molecule has 1 N–H and O–H groups in total. The maximum absolute atomic E-state index is 12.0. The lowest BCUT2D eigenvalue weighted by molar-refractivity contribution is 0.0921. The highest BCUT2D eigenvalue weighted by atomic mass is 16.5. The monoisotopic (exact) mass is 357 g/mol. The first kappa shape index (κ1) is 20.1. The molecule has 2 rings (SSSR count). The maximum atomic E-state index is 12.0. The molecule has 1 unspecified atom stereocenters. The number of hydrogen-bond donors (Lipinski definition) is 1. The lowest BCUT2D eigenvalue weighted by Crippen LogP contribution is -2.23. The van der Waals surface area contributed by atoms with Crippen molar-refractivity contribution in [3.63, 3.8) is 0 Å². The van der Waals surface area contributed by atoms with E-state index in [1.165, 1.54) is 18.4 Å². The Labute approximate surface area is 156 Å². The van der Waals surface area contributed by atoms with Crippen molar-refractivity contribution in [3.05, 3.63) is 53.5 Å². The molecule has 0 radical (unpaired) electrons. The number of benzene rings is 1. The van der Waals surface area contributed by atoms with Gasteiger partial charge in [-0.25, -0.2) is 0 Å². The van der Waals surface area contributed by atoms with E-state index in [0.717, 1.165) is 25.0 Å². The third kappa shape index (κ3) is 6.25. The molecule has 26 heavy (non-hydrogen) atoms. The van der Waals surface area contributed by atoms with Crippen LogP contribution in [0.5, 0.6) is 5.75 Å². The zero-order chi connectivity index (χ0) is 18.8. The number of hydrogen-bond acceptors (Lipinski definition) is 3. The summed E-state index contributed by atoms with van der Waals surface area (Å²) in [5.74, 6) is 2.18. The summed E-state index contributed by atoms with van der Waals surface area (Å²) < 4.78 is 11.3. The molecular weight excluding hydrogens is 326 g/mol. The Kier molecular flexibility index (Phi) is 8.26. The molecule has 0 aliphatic rings. The van der Waals surface area contributed by atoms with Crippen LogP contribution in [0, 0.1) is 0 Å². The van der Waals surface area contributed by atoms with Crippen LogP contribution in [0.2, 0.25) is 0 Å². The summed E-state index contributed by atoms with van der Waals surface area (Å²) in [5, 5.41) is 2.89. The van der Waals surface area contributed by atoms with Crippen molar-refractivity contribution >= 4 is 5.91 Å². The summed E-state index contributed by atoms with van der Waals surface area (Å²) in [6.45, 7) is 7.57. The summed E-state index contributed by atoms with van der Waals surface area (Å²) in [7, 11) is 0. The average molecular weight is 357 g/mol. The average Bonchev–Trinajstić information content (AvgIpc) is 3.15. The SMILES string of the molecule is CCCCCCNC(=O)c1ccc(COc2ccc(C(C)CC)cc2)o1. The van der Waals surface area contributed by atoms with Crippen molar-refractivity contribution in [1.82, 2.24) is 5.32 Å². The normalized spacial score (nSPS) is 12.0. The smallest absolute Gasteiger partial charge is 0.286 e. The molecule has 1 atom stereocenters. The van der Waals surface area contributed by atoms with Crippen molar-refractivity contribution in [3.8, 4) is 5.75 Å². The number of nitrogens with one attached hydrogen (secondary N) is 1. The number of furan rings is 1. The predicted octanol–water partition coefficient (Wildman–Crippen LogP) is 5.68. The van der Waals surface area contributed by atoms with E-state index in [2.05, 4.69) is 38.2 Å². The van der Waals surface area contributed by atoms with E-state index in [0.29, 0.717) is 30.6 Å². The van der Waals surface area contributed by atoms with Gasteiger partial charge in [0.05, 0.1) is 0 Å². The number of unbranched alkanes of at least 4 members (excludes halogenated alkanes) is 3. The van der Waals surface area contributed by atoms with Gasteiger partial charge < -0.3 is 14.5 Å². The second kappa shape index (κ2) is 10.7. The number of amides is 1. The van der Waals surface area contributed by atoms with E-state index in [-0.39, 0.29) is 5.91 Å². The van der Waals surface area contributed by atoms with Crippen LogP contribution in [0.1, 0.15) is 80.7 Å². The van der Waals surface area contributed by atoms with Gasteiger partial charge in [0.1, 0.15) is 18.1 Å². The van der Waals surface area contributed by atoms with E-state index in [9.17, 15) is 4.79 Å². The van der Waals surface area contributed by atoms with Gasteiger partial charge in [-0.2, -0.15) is 0 Å². The minimum Gasteiger partial charge on any atom is -0.486 e. The fraction of sp³-hybridized carbons (Fsp3) is 0.500. The Morgan fingerprint density at radius 3 is 2.54 bits per heavy atom. The quantitative estimate of drug-likeness (QED) is 0.526. The topological polar surface area (TPSA) is 51.5 Å². The first-order valence-electron chi connectivity index (χ1n) is 9.73. The van der Waals surface area contributed by atoms with Gasteiger partial charge in [0, 0.05) is 6.54 Å². The molecular formula is C22H31NO3. The first-order valence-corrected chi connectivity index (χ1v) is 9.73. The van der Waals surface area contributed by atoms with Gasteiger partial charge in [-0.1, -0.05) is 52.2 Å². The van der Waals surface area contributed by atoms with Crippen LogP contribution in [0.25, 0.3) is 0 Å². The van der Waals surface area contributed by atoms with E-state index < -0.39 is 0 Å². The molecule has 0 saturated carbocycles. The number of ether oxygens (including phenoxy) is 1. The standard InChI is InChI=1S/C22H31NO3/c1-4-6-7-8-15-23-22(24)21-14-13-20(26-21)16-25-19-11-9-18(10-12-19)17(3)5-2/h9-14,17H,4-8,15-16H2,1-3H3,(H,23,24).